The third kappa shape index (κ3) is 2.73. The Kier molecular flexibility index (Phi) is 4.36. The summed E-state index contributed by atoms with van der Waals surface area (Å²) in [6.45, 7) is 2.91. The molecule has 0 aliphatic carbocycles. The molecule has 1 aromatic carbocycles. The summed E-state index contributed by atoms with van der Waals surface area (Å²) >= 11 is 6.18. The summed E-state index contributed by atoms with van der Waals surface area (Å²) in [6, 6.07) is 2.28. The summed E-state index contributed by atoms with van der Waals surface area (Å²) in [5, 5.41) is 14.3. The number of methoxy groups -OCH3 is 1. The lowest BCUT2D eigenvalue weighted by atomic mass is 9.96. The maximum atomic E-state index is 10.2. The molecule has 1 aromatic rings. The molecule has 0 saturated carbocycles. The van der Waals surface area contributed by atoms with E-state index in [-0.39, 0.29) is 5.75 Å². The molecule has 1 aliphatic heterocycles. The van der Waals surface area contributed by atoms with Gasteiger partial charge in [0.2, 0.25) is 0 Å². The van der Waals surface area contributed by atoms with Crippen molar-refractivity contribution in [1.29, 1.82) is 0 Å². The van der Waals surface area contributed by atoms with Crippen LogP contribution in [0.1, 0.15) is 30.4 Å². The second kappa shape index (κ2) is 5.81. The van der Waals surface area contributed by atoms with Crippen LogP contribution in [0.5, 0.6) is 11.5 Å². The number of piperidine rings is 1. The first kappa shape index (κ1) is 13.5. The van der Waals surface area contributed by atoms with Crippen LogP contribution in [0.3, 0.4) is 0 Å². The van der Waals surface area contributed by atoms with Gasteiger partial charge in [0.25, 0.3) is 0 Å². The van der Waals surface area contributed by atoms with Crippen molar-refractivity contribution in [2.24, 2.45) is 0 Å². The molecule has 3 nitrogen and oxygen atoms in total. The van der Waals surface area contributed by atoms with E-state index < -0.39 is 0 Å². The SMILES string of the molecule is COc1c(C)c(Cl)cc(CC2CCCCN2)c1O. The van der Waals surface area contributed by atoms with Gasteiger partial charge in [-0.25, -0.2) is 0 Å². The van der Waals surface area contributed by atoms with E-state index in [1.807, 2.05) is 13.0 Å². The number of halogens is 1. The van der Waals surface area contributed by atoms with Crippen LogP contribution in [0.15, 0.2) is 6.07 Å². The van der Waals surface area contributed by atoms with Crippen molar-refractivity contribution >= 4 is 11.6 Å². The van der Waals surface area contributed by atoms with Gasteiger partial charge in [-0.15, -0.1) is 0 Å². The number of aromatic hydroxyl groups is 1. The van der Waals surface area contributed by atoms with Gasteiger partial charge in [0.1, 0.15) is 0 Å². The zero-order valence-corrected chi connectivity index (χ0v) is 11.7. The standard InChI is InChI=1S/C14H20ClNO2/c1-9-12(15)8-10(13(17)14(9)18-2)7-11-5-3-4-6-16-11/h8,11,16-17H,3-7H2,1-2H3. The smallest absolute Gasteiger partial charge is 0.165 e. The second-order valence-electron chi connectivity index (χ2n) is 4.88. The molecular weight excluding hydrogens is 250 g/mol. The fourth-order valence-corrected chi connectivity index (χ4v) is 2.75. The first-order valence-corrected chi connectivity index (χ1v) is 6.79. The maximum Gasteiger partial charge on any atom is 0.165 e. The molecule has 100 valence electrons. The van der Waals surface area contributed by atoms with Crippen LogP contribution >= 0.6 is 11.6 Å². The Morgan fingerprint density at radius 2 is 2.28 bits per heavy atom. The van der Waals surface area contributed by atoms with E-state index >= 15 is 0 Å². The number of hydrogen-bond acceptors (Lipinski definition) is 3. The molecule has 2 rings (SSSR count). The monoisotopic (exact) mass is 269 g/mol. The van der Waals surface area contributed by atoms with E-state index in [0.717, 1.165) is 30.5 Å². The fraction of sp³-hybridized carbons (Fsp3) is 0.571. The van der Waals surface area contributed by atoms with E-state index in [1.54, 1.807) is 7.11 Å². The summed E-state index contributed by atoms with van der Waals surface area (Å²) in [5.41, 5.74) is 1.65. The van der Waals surface area contributed by atoms with Crippen LogP contribution in [-0.4, -0.2) is 24.8 Å². The molecule has 1 unspecified atom stereocenters. The van der Waals surface area contributed by atoms with Crippen molar-refractivity contribution in [3.63, 3.8) is 0 Å². The Hall–Kier alpha value is -0.930. The van der Waals surface area contributed by atoms with Crippen LogP contribution in [0, 0.1) is 6.92 Å². The summed E-state index contributed by atoms with van der Waals surface area (Å²) < 4.78 is 5.23. The molecule has 1 fully saturated rings. The van der Waals surface area contributed by atoms with Crippen molar-refractivity contribution in [2.75, 3.05) is 13.7 Å². The summed E-state index contributed by atoms with van der Waals surface area (Å²) in [5.74, 6) is 0.722. The predicted octanol–water partition coefficient (Wildman–Crippen LogP) is 3.05. The van der Waals surface area contributed by atoms with Crippen LogP contribution in [0.2, 0.25) is 5.02 Å². The van der Waals surface area contributed by atoms with Gasteiger partial charge < -0.3 is 15.2 Å². The van der Waals surface area contributed by atoms with Crippen LogP contribution in [-0.2, 0) is 6.42 Å². The minimum Gasteiger partial charge on any atom is -0.504 e. The molecule has 0 radical (unpaired) electrons. The first-order chi connectivity index (χ1) is 8.63. The van der Waals surface area contributed by atoms with Gasteiger partial charge in [0.15, 0.2) is 11.5 Å². The Balaban J connectivity index is 2.24. The predicted molar refractivity (Wildman–Crippen MR) is 73.8 cm³/mol. The molecule has 2 N–H and O–H groups in total. The lowest BCUT2D eigenvalue weighted by Gasteiger charge is -2.24. The average Bonchev–Trinajstić information content (AvgIpc) is 2.38. The van der Waals surface area contributed by atoms with E-state index in [2.05, 4.69) is 5.32 Å². The minimum absolute atomic E-state index is 0.228. The van der Waals surface area contributed by atoms with Gasteiger partial charge in [-0.3, -0.25) is 0 Å². The summed E-state index contributed by atoms with van der Waals surface area (Å²) in [7, 11) is 1.56. The number of rotatable bonds is 3. The highest BCUT2D eigenvalue weighted by molar-refractivity contribution is 6.31. The minimum atomic E-state index is 0.228. The average molecular weight is 270 g/mol. The number of nitrogens with one attached hydrogen (secondary N) is 1. The first-order valence-electron chi connectivity index (χ1n) is 6.41. The molecule has 1 aliphatic rings. The highest BCUT2D eigenvalue weighted by Crippen LogP contribution is 2.38. The molecule has 0 spiro atoms. The van der Waals surface area contributed by atoms with Gasteiger partial charge in [-0.2, -0.15) is 0 Å². The van der Waals surface area contributed by atoms with Crippen molar-refractivity contribution in [3.8, 4) is 11.5 Å². The van der Waals surface area contributed by atoms with E-state index in [4.69, 9.17) is 16.3 Å². The quantitative estimate of drug-likeness (QED) is 0.886. The number of hydrogen-bond donors (Lipinski definition) is 2. The number of ether oxygens (including phenoxy) is 1. The molecule has 1 heterocycles. The molecule has 0 aromatic heterocycles. The summed E-state index contributed by atoms with van der Waals surface area (Å²) in [4.78, 5) is 0. The molecular formula is C14H20ClNO2. The van der Waals surface area contributed by atoms with Crippen LogP contribution in [0.25, 0.3) is 0 Å². The van der Waals surface area contributed by atoms with E-state index in [1.165, 1.54) is 12.8 Å². The molecule has 0 bridgehead atoms. The van der Waals surface area contributed by atoms with Crippen molar-refractivity contribution in [2.45, 2.75) is 38.6 Å². The molecule has 4 heteroatoms. The highest BCUT2D eigenvalue weighted by atomic mass is 35.5. The fourth-order valence-electron chi connectivity index (χ4n) is 2.53. The topological polar surface area (TPSA) is 41.5 Å². The van der Waals surface area contributed by atoms with Gasteiger partial charge in [0, 0.05) is 22.2 Å². The molecule has 0 amide bonds. The van der Waals surface area contributed by atoms with Crippen molar-refractivity contribution in [3.05, 3.63) is 22.2 Å². The molecule has 18 heavy (non-hydrogen) atoms. The van der Waals surface area contributed by atoms with E-state index in [9.17, 15) is 5.11 Å². The third-order valence-corrected chi connectivity index (χ3v) is 3.99. The van der Waals surface area contributed by atoms with Crippen LogP contribution < -0.4 is 10.1 Å². The second-order valence-corrected chi connectivity index (χ2v) is 5.28. The highest BCUT2D eigenvalue weighted by Gasteiger charge is 2.19. The van der Waals surface area contributed by atoms with Gasteiger partial charge in [-0.1, -0.05) is 18.0 Å². The maximum absolute atomic E-state index is 10.2. The lowest BCUT2D eigenvalue weighted by molar-refractivity contribution is 0.360. The Bertz CT molecular complexity index is 428. The van der Waals surface area contributed by atoms with Gasteiger partial charge in [0.05, 0.1) is 7.11 Å². The Morgan fingerprint density at radius 3 is 2.89 bits per heavy atom. The van der Waals surface area contributed by atoms with Gasteiger partial charge >= 0.3 is 0 Å². The zero-order valence-electron chi connectivity index (χ0n) is 10.9. The largest absolute Gasteiger partial charge is 0.504 e. The molecule has 1 saturated heterocycles. The van der Waals surface area contributed by atoms with Crippen molar-refractivity contribution < 1.29 is 9.84 Å². The number of phenolic OH excluding ortho intramolecular Hbond substituents is 1. The van der Waals surface area contributed by atoms with Crippen molar-refractivity contribution in [1.82, 2.24) is 5.32 Å². The number of phenols is 1. The summed E-state index contributed by atoms with van der Waals surface area (Å²) in [6.07, 6.45) is 4.42. The Labute approximate surface area is 113 Å². The zero-order chi connectivity index (χ0) is 13.1. The van der Waals surface area contributed by atoms with E-state index in [0.29, 0.717) is 16.8 Å². The normalized spacial score (nSPS) is 19.8. The van der Waals surface area contributed by atoms with Gasteiger partial charge in [-0.05, 0) is 38.8 Å². The lowest BCUT2D eigenvalue weighted by Crippen LogP contribution is -2.35. The van der Waals surface area contributed by atoms with Crippen LogP contribution in [0.4, 0.5) is 0 Å². The molecule has 1 atom stereocenters. The third-order valence-electron chi connectivity index (χ3n) is 3.60. The Morgan fingerprint density at radius 1 is 1.50 bits per heavy atom. The number of benzene rings is 1.